The van der Waals surface area contributed by atoms with Crippen LogP contribution in [0.5, 0.6) is 0 Å². The summed E-state index contributed by atoms with van der Waals surface area (Å²) in [5.74, 6) is 0.541. The molecular formula is C19H28FNO3S. The fourth-order valence-corrected chi connectivity index (χ4v) is 5.68. The van der Waals surface area contributed by atoms with Crippen molar-refractivity contribution >= 4 is 10.0 Å². The van der Waals surface area contributed by atoms with Gasteiger partial charge in [0.2, 0.25) is 10.0 Å². The van der Waals surface area contributed by atoms with Crippen LogP contribution >= 0.6 is 0 Å². The lowest BCUT2D eigenvalue weighted by Gasteiger charge is -2.46. The molecule has 2 fully saturated rings. The van der Waals surface area contributed by atoms with Crippen molar-refractivity contribution in [2.24, 2.45) is 5.92 Å². The fraction of sp³-hybridized carbons (Fsp3) is 0.684. The Hall–Kier alpha value is -0.980. The number of halogens is 1. The molecule has 2 aliphatic rings. The number of hydrogen-bond acceptors (Lipinski definition) is 3. The Morgan fingerprint density at radius 3 is 2.56 bits per heavy atom. The molecule has 0 saturated carbocycles. The normalized spacial score (nSPS) is 24.5. The number of nitrogens with zero attached hydrogens (tertiary/aromatic N) is 1. The zero-order valence-corrected chi connectivity index (χ0v) is 15.7. The molecular weight excluding hydrogens is 341 g/mol. The highest BCUT2D eigenvalue weighted by Gasteiger charge is 2.42. The van der Waals surface area contributed by atoms with Crippen molar-refractivity contribution in [3.63, 3.8) is 0 Å². The first kappa shape index (κ1) is 18.8. The Morgan fingerprint density at radius 1 is 1.24 bits per heavy atom. The molecule has 1 aromatic carbocycles. The molecule has 2 aliphatic heterocycles. The van der Waals surface area contributed by atoms with E-state index in [1.54, 1.807) is 4.31 Å². The maximum absolute atomic E-state index is 13.1. The molecule has 0 N–H and O–H groups in total. The number of benzene rings is 1. The molecule has 0 radical (unpaired) electrons. The second kappa shape index (κ2) is 7.72. The van der Waals surface area contributed by atoms with Crippen molar-refractivity contribution in [1.29, 1.82) is 0 Å². The first-order valence-electron chi connectivity index (χ1n) is 9.29. The van der Waals surface area contributed by atoms with E-state index >= 15 is 0 Å². The summed E-state index contributed by atoms with van der Waals surface area (Å²) in [6, 6.07) is 6.75. The standard InChI is InChI=1S/C19H28FNO3S/c1-2-13-25(22,23)21-10-8-19(9-11-21)15-17(7-12-24-19)14-16-3-5-18(20)6-4-16/h3-6,17H,2,7-15H2,1H3. The van der Waals surface area contributed by atoms with Crippen LogP contribution in [-0.4, -0.2) is 43.8 Å². The van der Waals surface area contributed by atoms with E-state index in [9.17, 15) is 12.8 Å². The molecule has 0 amide bonds. The molecule has 2 heterocycles. The molecule has 0 aliphatic carbocycles. The van der Waals surface area contributed by atoms with E-state index in [1.165, 1.54) is 12.1 Å². The third kappa shape index (κ3) is 4.60. The molecule has 25 heavy (non-hydrogen) atoms. The predicted octanol–water partition coefficient (Wildman–Crippen LogP) is 3.37. The van der Waals surface area contributed by atoms with Gasteiger partial charge in [-0.15, -0.1) is 0 Å². The molecule has 0 bridgehead atoms. The first-order chi connectivity index (χ1) is 11.9. The van der Waals surface area contributed by atoms with Gasteiger partial charge in [0.1, 0.15) is 5.82 Å². The smallest absolute Gasteiger partial charge is 0.214 e. The van der Waals surface area contributed by atoms with Gasteiger partial charge in [0.05, 0.1) is 11.4 Å². The molecule has 1 atom stereocenters. The highest BCUT2D eigenvalue weighted by atomic mass is 32.2. The molecule has 1 aromatic rings. The van der Waals surface area contributed by atoms with Crippen molar-refractivity contribution in [3.8, 4) is 0 Å². The summed E-state index contributed by atoms with van der Waals surface area (Å²) in [7, 11) is -3.11. The lowest BCUT2D eigenvalue weighted by atomic mass is 9.78. The van der Waals surface area contributed by atoms with Gasteiger partial charge >= 0.3 is 0 Å². The summed E-state index contributed by atoms with van der Waals surface area (Å²) in [6.07, 6.45) is 5.11. The van der Waals surface area contributed by atoms with Gasteiger partial charge in [-0.25, -0.2) is 17.1 Å². The van der Waals surface area contributed by atoms with Gasteiger partial charge in [-0.05, 0) is 62.1 Å². The van der Waals surface area contributed by atoms with E-state index in [0.717, 1.165) is 44.3 Å². The molecule has 0 aromatic heterocycles. The molecule has 1 unspecified atom stereocenters. The van der Waals surface area contributed by atoms with Crippen LogP contribution in [0.4, 0.5) is 4.39 Å². The maximum atomic E-state index is 13.1. The summed E-state index contributed by atoms with van der Waals surface area (Å²) in [6.45, 7) is 3.75. The van der Waals surface area contributed by atoms with Crippen LogP contribution in [-0.2, 0) is 21.2 Å². The van der Waals surface area contributed by atoms with Crippen molar-refractivity contribution in [2.75, 3.05) is 25.4 Å². The van der Waals surface area contributed by atoms with E-state index in [2.05, 4.69) is 0 Å². The molecule has 140 valence electrons. The minimum Gasteiger partial charge on any atom is -0.375 e. The van der Waals surface area contributed by atoms with Gasteiger partial charge < -0.3 is 4.74 Å². The first-order valence-corrected chi connectivity index (χ1v) is 10.9. The van der Waals surface area contributed by atoms with Gasteiger partial charge in [-0.1, -0.05) is 19.1 Å². The van der Waals surface area contributed by atoms with E-state index in [4.69, 9.17) is 4.74 Å². The molecule has 1 spiro atoms. The minimum absolute atomic E-state index is 0.179. The Labute approximate surface area is 150 Å². The van der Waals surface area contributed by atoms with Crippen LogP contribution in [0.2, 0.25) is 0 Å². The SMILES string of the molecule is CCCS(=O)(=O)N1CCC2(CC1)CC(Cc1ccc(F)cc1)CCO2. The third-order valence-corrected chi connectivity index (χ3v) is 7.60. The minimum atomic E-state index is -3.11. The largest absolute Gasteiger partial charge is 0.375 e. The second-order valence-electron chi connectivity index (χ2n) is 7.44. The number of hydrogen-bond donors (Lipinski definition) is 0. The number of ether oxygens (including phenoxy) is 1. The van der Waals surface area contributed by atoms with Crippen molar-refractivity contribution in [3.05, 3.63) is 35.6 Å². The monoisotopic (exact) mass is 369 g/mol. The van der Waals surface area contributed by atoms with E-state index in [1.807, 2.05) is 19.1 Å². The topological polar surface area (TPSA) is 46.6 Å². The van der Waals surface area contributed by atoms with Crippen LogP contribution in [0.15, 0.2) is 24.3 Å². The molecule has 6 heteroatoms. The molecule has 3 rings (SSSR count). The Bertz CT molecular complexity index is 666. The zero-order chi connectivity index (χ0) is 17.9. The molecule has 4 nitrogen and oxygen atoms in total. The predicted molar refractivity (Wildman–Crippen MR) is 96.4 cm³/mol. The lowest BCUT2D eigenvalue weighted by molar-refractivity contribution is -0.120. The van der Waals surface area contributed by atoms with Crippen molar-refractivity contribution < 1.29 is 17.5 Å². The van der Waals surface area contributed by atoms with Crippen LogP contribution in [0.1, 0.15) is 44.6 Å². The fourth-order valence-electron chi connectivity index (χ4n) is 4.16. The Kier molecular flexibility index (Phi) is 5.81. The summed E-state index contributed by atoms with van der Waals surface area (Å²) >= 11 is 0. The summed E-state index contributed by atoms with van der Waals surface area (Å²) in [5, 5.41) is 0. The summed E-state index contributed by atoms with van der Waals surface area (Å²) < 4.78 is 45.3. The number of rotatable bonds is 5. The Morgan fingerprint density at radius 2 is 1.92 bits per heavy atom. The van der Waals surface area contributed by atoms with Gasteiger partial charge in [-0.2, -0.15) is 0 Å². The van der Waals surface area contributed by atoms with Crippen LogP contribution < -0.4 is 0 Å². The second-order valence-corrected chi connectivity index (χ2v) is 9.52. The van der Waals surface area contributed by atoms with Crippen LogP contribution in [0, 0.1) is 11.7 Å². The number of piperidine rings is 1. The molecule has 2 saturated heterocycles. The van der Waals surface area contributed by atoms with E-state index in [0.29, 0.717) is 25.4 Å². The van der Waals surface area contributed by atoms with Gasteiger partial charge in [-0.3, -0.25) is 0 Å². The van der Waals surface area contributed by atoms with Crippen molar-refractivity contribution in [1.82, 2.24) is 4.31 Å². The summed E-state index contributed by atoms with van der Waals surface area (Å²) in [4.78, 5) is 0. The van der Waals surface area contributed by atoms with Crippen LogP contribution in [0.3, 0.4) is 0 Å². The number of sulfonamides is 1. The average molecular weight is 370 g/mol. The highest BCUT2D eigenvalue weighted by molar-refractivity contribution is 7.89. The van der Waals surface area contributed by atoms with Crippen LogP contribution in [0.25, 0.3) is 0 Å². The van der Waals surface area contributed by atoms with Gasteiger partial charge in [0.25, 0.3) is 0 Å². The summed E-state index contributed by atoms with van der Waals surface area (Å²) in [5.41, 5.74) is 0.979. The quantitative estimate of drug-likeness (QED) is 0.799. The highest BCUT2D eigenvalue weighted by Crippen LogP contribution is 2.39. The van der Waals surface area contributed by atoms with E-state index in [-0.39, 0.29) is 17.2 Å². The van der Waals surface area contributed by atoms with E-state index < -0.39 is 10.0 Å². The maximum Gasteiger partial charge on any atom is 0.214 e. The third-order valence-electron chi connectivity index (χ3n) is 5.52. The Balaban J connectivity index is 1.59. The lowest BCUT2D eigenvalue weighted by Crippen LogP contribution is -2.51. The van der Waals surface area contributed by atoms with Gasteiger partial charge in [0.15, 0.2) is 0 Å². The van der Waals surface area contributed by atoms with Crippen molar-refractivity contribution in [2.45, 2.75) is 51.0 Å². The zero-order valence-electron chi connectivity index (χ0n) is 14.9. The average Bonchev–Trinajstić information content (AvgIpc) is 2.57. The van der Waals surface area contributed by atoms with Gasteiger partial charge in [0, 0.05) is 19.7 Å².